The van der Waals surface area contributed by atoms with Gasteiger partial charge in [-0.25, -0.2) is 8.42 Å². The number of hydrogen-bond acceptors (Lipinski definition) is 5. The third-order valence-electron chi connectivity index (χ3n) is 6.00. The van der Waals surface area contributed by atoms with Crippen molar-refractivity contribution in [3.8, 4) is 0 Å². The Kier molecular flexibility index (Phi) is 6.38. The molecule has 1 amide bonds. The van der Waals surface area contributed by atoms with E-state index in [1.54, 1.807) is 25.5 Å². The molecule has 0 aliphatic heterocycles. The Morgan fingerprint density at radius 1 is 1.19 bits per heavy atom. The molecule has 1 fully saturated rings. The van der Waals surface area contributed by atoms with Gasteiger partial charge in [0.05, 0.1) is 10.5 Å². The summed E-state index contributed by atoms with van der Waals surface area (Å²) in [6, 6.07) is 9.25. The minimum atomic E-state index is -3.74. The van der Waals surface area contributed by atoms with Crippen molar-refractivity contribution in [2.45, 2.75) is 49.6 Å². The Morgan fingerprint density at radius 2 is 1.97 bits per heavy atom. The maximum absolute atomic E-state index is 13.3. The minimum absolute atomic E-state index is 0.0257. The number of hydrogen-bond donors (Lipinski definition) is 2. The van der Waals surface area contributed by atoms with E-state index in [9.17, 15) is 18.0 Å². The number of H-pyrrole nitrogens is 1. The molecule has 168 valence electrons. The number of nitrogens with zero attached hydrogens (tertiary/aromatic N) is 2. The van der Waals surface area contributed by atoms with Crippen LogP contribution < -0.4 is 10.9 Å². The van der Waals surface area contributed by atoms with Crippen molar-refractivity contribution in [1.29, 1.82) is 0 Å². The first-order valence-electron chi connectivity index (χ1n) is 10.7. The molecule has 2 aromatic heterocycles. The average molecular weight is 455 g/mol. The molecule has 0 radical (unpaired) electrons. The first kappa shape index (κ1) is 22.2. The van der Waals surface area contributed by atoms with E-state index < -0.39 is 21.5 Å². The zero-order chi connectivity index (χ0) is 22.7. The highest BCUT2D eigenvalue weighted by Crippen LogP contribution is 2.28. The second-order valence-corrected chi connectivity index (χ2v) is 10.1. The molecule has 4 rings (SSSR count). The van der Waals surface area contributed by atoms with Crippen LogP contribution >= 0.6 is 0 Å². The van der Waals surface area contributed by atoms with E-state index in [0.717, 1.165) is 37.7 Å². The Bertz CT molecular complexity index is 1280. The molecule has 1 aliphatic carbocycles. The lowest BCUT2D eigenvalue weighted by atomic mass is 9.96. The molecule has 0 spiro atoms. The minimum Gasteiger partial charge on any atom is -0.348 e. The van der Waals surface area contributed by atoms with Crippen LogP contribution in [-0.4, -0.2) is 41.7 Å². The van der Waals surface area contributed by atoms with Gasteiger partial charge in [0.15, 0.2) is 0 Å². The number of rotatable bonds is 6. The van der Waals surface area contributed by atoms with Gasteiger partial charge in [-0.05, 0) is 42.7 Å². The van der Waals surface area contributed by atoms with Gasteiger partial charge >= 0.3 is 0 Å². The van der Waals surface area contributed by atoms with Crippen LogP contribution in [-0.2, 0) is 16.6 Å². The van der Waals surface area contributed by atoms with E-state index in [4.69, 9.17) is 0 Å². The fourth-order valence-corrected chi connectivity index (χ4v) is 5.61. The second-order valence-electron chi connectivity index (χ2n) is 8.11. The highest BCUT2D eigenvalue weighted by Gasteiger charge is 2.29. The molecule has 0 atom stereocenters. The van der Waals surface area contributed by atoms with Gasteiger partial charge in [-0.2, -0.15) is 4.31 Å². The van der Waals surface area contributed by atoms with Crippen molar-refractivity contribution in [1.82, 2.24) is 19.6 Å². The lowest BCUT2D eigenvalue weighted by Gasteiger charge is -2.30. The molecular weight excluding hydrogens is 428 g/mol. The molecule has 2 heterocycles. The molecule has 0 saturated heterocycles. The number of amides is 1. The average Bonchev–Trinajstić information content (AvgIpc) is 2.82. The number of carbonyl (C=O) groups is 1. The molecule has 1 saturated carbocycles. The van der Waals surface area contributed by atoms with Crippen molar-refractivity contribution < 1.29 is 13.2 Å². The highest BCUT2D eigenvalue weighted by atomic mass is 32.2. The molecule has 2 N–H and O–H groups in total. The molecule has 9 heteroatoms. The summed E-state index contributed by atoms with van der Waals surface area (Å²) in [6.07, 6.45) is 8.14. The zero-order valence-electron chi connectivity index (χ0n) is 17.9. The van der Waals surface area contributed by atoms with E-state index in [0.29, 0.717) is 10.9 Å². The first-order valence-corrected chi connectivity index (χ1v) is 12.1. The summed E-state index contributed by atoms with van der Waals surface area (Å²) >= 11 is 0. The van der Waals surface area contributed by atoms with E-state index in [1.165, 1.54) is 28.6 Å². The zero-order valence-corrected chi connectivity index (χ0v) is 18.7. The molecular formula is C23H26N4O4S. The van der Waals surface area contributed by atoms with Gasteiger partial charge in [0, 0.05) is 49.0 Å². The monoisotopic (exact) mass is 454 g/mol. The van der Waals surface area contributed by atoms with Crippen LogP contribution in [0, 0.1) is 0 Å². The summed E-state index contributed by atoms with van der Waals surface area (Å²) in [4.78, 5) is 31.8. The van der Waals surface area contributed by atoms with Crippen molar-refractivity contribution in [3.05, 3.63) is 70.3 Å². The number of pyridine rings is 2. The maximum atomic E-state index is 13.3. The number of sulfonamides is 1. The number of carbonyl (C=O) groups excluding carboxylic acids is 1. The summed E-state index contributed by atoms with van der Waals surface area (Å²) in [5.41, 5.74) is 0.916. The third-order valence-corrected chi connectivity index (χ3v) is 7.91. The normalized spacial score (nSPS) is 15.2. The number of fused-ring (bicyclic) bond motifs is 1. The number of aromatic nitrogens is 2. The summed E-state index contributed by atoms with van der Waals surface area (Å²) in [5.74, 6) is -0.458. The van der Waals surface area contributed by atoms with Gasteiger partial charge in [0.1, 0.15) is 0 Å². The van der Waals surface area contributed by atoms with Gasteiger partial charge in [0.25, 0.3) is 5.91 Å². The SMILES string of the molecule is CN(C1CCCCC1)S(=O)(=O)c1ccc2[nH]c(=O)cc(C(=O)NCc3cccnc3)c2c1. The second kappa shape index (κ2) is 9.22. The lowest BCUT2D eigenvalue weighted by Crippen LogP contribution is -2.38. The summed E-state index contributed by atoms with van der Waals surface area (Å²) in [5, 5.41) is 3.16. The Hall–Kier alpha value is -3.04. The molecule has 1 aromatic carbocycles. The smallest absolute Gasteiger partial charge is 0.252 e. The predicted octanol–water partition coefficient (Wildman–Crippen LogP) is 2.81. The van der Waals surface area contributed by atoms with E-state index in [2.05, 4.69) is 15.3 Å². The molecule has 1 aliphatic rings. The summed E-state index contributed by atoms with van der Waals surface area (Å²) in [6.45, 7) is 0.239. The van der Waals surface area contributed by atoms with Crippen molar-refractivity contribution >= 4 is 26.8 Å². The number of benzene rings is 1. The van der Waals surface area contributed by atoms with Crippen LogP contribution in [0.25, 0.3) is 10.9 Å². The van der Waals surface area contributed by atoms with Gasteiger partial charge in [-0.3, -0.25) is 14.6 Å². The van der Waals surface area contributed by atoms with Crippen LogP contribution in [0.1, 0.15) is 48.0 Å². The van der Waals surface area contributed by atoms with Crippen molar-refractivity contribution in [2.75, 3.05) is 7.05 Å². The fourth-order valence-electron chi connectivity index (χ4n) is 4.17. The third kappa shape index (κ3) is 4.58. The number of nitrogens with one attached hydrogen (secondary N) is 2. The van der Waals surface area contributed by atoms with Crippen LogP contribution in [0.15, 0.2) is 58.5 Å². The fraction of sp³-hybridized carbons (Fsp3) is 0.348. The van der Waals surface area contributed by atoms with Gasteiger partial charge in [-0.1, -0.05) is 25.3 Å². The van der Waals surface area contributed by atoms with Gasteiger partial charge in [-0.15, -0.1) is 0 Å². The lowest BCUT2D eigenvalue weighted by molar-refractivity contribution is 0.0952. The highest BCUT2D eigenvalue weighted by molar-refractivity contribution is 7.89. The Balaban J connectivity index is 1.67. The molecule has 0 bridgehead atoms. The van der Waals surface area contributed by atoms with E-state index >= 15 is 0 Å². The van der Waals surface area contributed by atoms with Crippen molar-refractivity contribution in [3.63, 3.8) is 0 Å². The first-order chi connectivity index (χ1) is 15.4. The van der Waals surface area contributed by atoms with Crippen LogP contribution in [0.2, 0.25) is 0 Å². The number of aromatic amines is 1. The standard InChI is InChI=1S/C23H26N4O4S/c1-27(17-7-3-2-4-8-17)32(30,31)18-9-10-21-19(12-18)20(13-22(28)26-21)23(29)25-15-16-6-5-11-24-14-16/h5-6,9-14,17H,2-4,7-8,15H2,1H3,(H,25,29)(H,26,28). The summed E-state index contributed by atoms with van der Waals surface area (Å²) < 4.78 is 28.0. The largest absolute Gasteiger partial charge is 0.348 e. The summed E-state index contributed by atoms with van der Waals surface area (Å²) in [7, 11) is -2.12. The van der Waals surface area contributed by atoms with E-state index in [1.807, 2.05) is 6.07 Å². The quantitative estimate of drug-likeness (QED) is 0.595. The van der Waals surface area contributed by atoms with Crippen molar-refractivity contribution in [2.24, 2.45) is 0 Å². The topological polar surface area (TPSA) is 112 Å². The molecule has 32 heavy (non-hydrogen) atoms. The molecule has 3 aromatic rings. The Labute approximate surface area is 186 Å². The van der Waals surface area contributed by atoms with Gasteiger partial charge < -0.3 is 10.3 Å². The van der Waals surface area contributed by atoms with Crippen LogP contribution in [0.5, 0.6) is 0 Å². The molecule has 0 unspecified atom stereocenters. The predicted molar refractivity (Wildman–Crippen MR) is 122 cm³/mol. The van der Waals surface area contributed by atoms with Crippen LogP contribution in [0.3, 0.4) is 0 Å². The van der Waals surface area contributed by atoms with E-state index in [-0.39, 0.29) is 23.0 Å². The van der Waals surface area contributed by atoms with Gasteiger partial charge in [0.2, 0.25) is 15.6 Å². The van der Waals surface area contributed by atoms with Crippen LogP contribution in [0.4, 0.5) is 0 Å². The Morgan fingerprint density at radius 3 is 2.69 bits per heavy atom. The molecule has 8 nitrogen and oxygen atoms in total. The maximum Gasteiger partial charge on any atom is 0.252 e.